The maximum absolute atomic E-state index is 5.45. The highest BCUT2D eigenvalue weighted by atomic mass is 32.1. The SMILES string of the molecule is c1cnc2[nH]c(-c3ccc4sc(-c5ccc6occc6c5)cc4c3)cc2c1. The lowest BCUT2D eigenvalue weighted by molar-refractivity contribution is 0.616. The summed E-state index contributed by atoms with van der Waals surface area (Å²) in [6.07, 6.45) is 3.55. The number of aromatic nitrogens is 2. The number of furan rings is 1. The van der Waals surface area contributed by atoms with Crippen molar-refractivity contribution in [1.29, 1.82) is 0 Å². The van der Waals surface area contributed by atoms with E-state index in [1.807, 2.05) is 35.7 Å². The summed E-state index contributed by atoms with van der Waals surface area (Å²) in [5, 5.41) is 3.52. The third-order valence-electron chi connectivity index (χ3n) is 4.96. The summed E-state index contributed by atoms with van der Waals surface area (Å²) in [7, 11) is 0. The highest BCUT2D eigenvalue weighted by Crippen LogP contribution is 2.37. The summed E-state index contributed by atoms with van der Waals surface area (Å²) in [5.74, 6) is 0. The van der Waals surface area contributed by atoms with Crippen LogP contribution in [0.4, 0.5) is 0 Å². The van der Waals surface area contributed by atoms with E-state index in [1.165, 1.54) is 26.1 Å². The van der Waals surface area contributed by atoms with Crippen molar-refractivity contribution in [2.24, 2.45) is 0 Å². The van der Waals surface area contributed by atoms with E-state index >= 15 is 0 Å². The molecule has 3 nitrogen and oxygen atoms in total. The number of aromatic amines is 1. The third-order valence-corrected chi connectivity index (χ3v) is 6.12. The predicted molar refractivity (Wildman–Crippen MR) is 112 cm³/mol. The zero-order valence-electron chi connectivity index (χ0n) is 14.3. The number of rotatable bonds is 2. The summed E-state index contributed by atoms with van der Waals surface area (Å²) in [4.78, 5) is 9.07. The number of nitrogens with one attached hydrogen (secondary N) is 1. The van der Waals surface area contributed by atoms with Crippen LogP contribution in [0.2, 0.25) is 0 Å². The van der Waals surface area contributed by atoms with E-state index < -0.39 is 0 Å². The van der Waals surface area contributed by atoms with Crippen molar-refractivity contribution in [3.05, 3.63) is 79.2 Å². The van der Waals surface area contributed by atoms with Crippen LogP contribution in [0, 0.1) is 0 Å². The molecule has 4 heterocycles. The van der Waals surface area contributed by atoms with E-state index in [2.05, 4.69) is 58.5 Å². The minimum atomic E-state index is 0.923. The van der Waals surface area contributed by atoms with E-state index in [1.54, 1.807) is 6.26 Å². The summed E-state index contributed by atoms with van der Waals surface area (Å²) < 4.78 is 6.74. The predicted octanol–water partition coefficient (Wildman–Crippen LogP) is 6.86. The second kappa shape index (κ2) is 5.56. The smallest absolute Gasteiger partial charge is 0.137 e. The average molecular weight is 366 g/mol. The molecule has 1 N–H and O–H groups in total. The van der Waals surface area contributed by atoms with Crippen LogP contribution in [0.3, 0.4) is 0 Å². The lowest BCUT2D eigenvalue weighted by Crippen LogP contribution is -1.77. The van der Waals surface area contributed by atoms with E-state index in [0.29, 0.717) is 0 Å². The highest BCUT2D eigenvalue weighted by Gasteiger charge is 2.09. The van der Waals surface area contributed by atoms with Gasteiger partial charge in [-0.3, -0.25) is 0 Å². The van der Waals surface area contributed by atoms with Gasteiger partial charge in [0.2, 0.25) is 0 Å². The van der Waals surface area contributed by atoms with Crippen molar-refractivity contribution < 1.29 is 4.42 Å². The van der Waals surface area contributed by atoms with E-state index in [-0.39, 0.29) is 0 Å². The van der Waals surface area contributed by atoms with Crippen LogP contribution in [-0.4, -0.2) is 9.97 Å². The zero-order valence-corrected chi connectivity index (χ0v) is 15.1. The van der Waals surface area contributed by atoms with Gasteiger partial charge in [0.05, 0.1) is 6.26 Å². The Balaban J connectivity index is 1.46. The van der Waals surface area contributed by atoms with Crippen LogP contribution in [0.15, 0.2) is 83.6 Å². The van der Waals surface area contributed by atoms with Crippen LogP contribution in [0.1, 0.15) is 0 Å². The Hall–Kier alpha value is -3.37. The molecule has 0 amide bonds. The molecule has 27 heavy (non-hydrogen) atoms. The van der Waals surface area contributed by atoms with Gasteiger partial charge in [-0.1, -0.05) is 6.07 Å². The van der Waals surface area contributed by atoms with Crippen LogP contribution < -0.4 is 0 Å². The molecule has 0 aliphatic rings. The largest absolute Gasteiger partial charge is 0.464 e. The molecule has 128 valence electrons. The molecule has 0 spiro atoms. The fraction of sp³-hybridized carbons (Fsp3) is 0. The van der Waals surface area contributed by atoms with Crippen molar-refractivity contribution in [3.8, 4) is 21.7 Å². The molecule has 4 heteroatoms. The molecule has 0 radical (unpaired) electrons. The minimum absolute atomic E-state index is 0.923. The van der Waals surface area contributed by atoms with E-state index in [0.717, 1.165) is 27.7 Å². The first-order valence-electron chi connectivity index (χ1n) is 8.79. The topological polar surface area (TPSA) is 41.8 Å². The Bertz CT molecular complexity index is 1400. The van der Waals surface area contributed by atoms with Crippen LogP contribution in [-0.2, 0) is 0 Å². The minimum Gasteiger partial charge on any atom is -0.464 e. The van der Waals surface area contributed by atoms with Gasteiger partial charge in [0, 0.05) is 32.2 Å². The first-order valence-corrected chi connectivity index (χ1v) is 9.60. The summed E-state index contributed by atoms with van der Waals surface area (Å²) in [5.41, 5.74) is 5.34. The van der Waals surface area contributed by atoms with Crippen molar-refractivity contribution in [2.45, 2.75) is 0 Å². The highest BCUT2D eigenvalue weighted by molar-refractivity contribution is 7.22. The molecule has 6 aromatic rings. The first kappa shape index (κ1) is 14.8. The molecule has 0 unspecified atom stereocenters. The molecule has 0 aliphatic heterocycles. The fourth-order valence-corrected chi connectivity index (χ4v) is 4.63. The first-order chi connectivity index (χ1) is 13.3. The number of hydrogen-bond acceptors (Lipinski definition) is 3. The van der Waals surface area contributed by atoms with Gasteiger partial charge in [-0.25, -0.2) is 4.98 Å². The second-order valence-corrected chi connectivity index (χ2v) is 7.74. The molecular formula is C23H14N2OS. The summed E-state index contributed by atoms with van der Waals surface area (Å²) in [6.45, 7) is 0. The molecule has 0 saturated carbocycles. The number of H-pyrrole nitrogens is 1. The maximum atomic E-state index is 5.45. The molecule has 2 aromatic carbocycles. The number of hydrogen-bond donors (Lipinski definition) is 1. The second-order valence-electron chi connectivity index (χ2n) is 6.66. The maximum Gasteiger partial charge on any atom is 0.137 e. The van der Waals surface area contributed by atoms with Gasteiger partial charge in [0.15, 0.2) is 0 Å². The molecule has 0 aliphatic carbocycles. The Morgan fingerprint density at radius 2 is 1.74 bits per heavy atom. The quantitative estimate of drug-likeness (QED) is 0.364. The van der Waals surface area contributed by atoms with Crippen LogP contribution in [0.25, 0.3) is 53.8 Å². The fourth-order valence-electron chi connectivity index (χ4n) is 3.59. The molecule has 0 fully saturated rings. The zero-order chi connectivity index (χ0) is 17.8. The van der Waals surface area contributed by atoms with Crippen LogP contribution in [0.5, 0.6) is 0 Å². The number of fused-ring (bicyclic) bond motifs is 3. The Kier molecular flexibility index (Phi) is 3.04. The van der Waals surface area contributed by atoms with Crippen molar-refractivity contribution in [1.82, 2.24) is 9.97 Å². The van der Waals surface area contributed by atoms with Crippen molar-refractivity contribution >= 4 is 43.4 Å². The van der Waals surface area contributed by atoms with Gasteiger partial charge in [0.1, 0.15) is 11.2 Å². The summed E-state index contributed by atoms with van der Waals surface area (Å²) in [6, 6.07) is 23.5. The Morgan fingerprint density at radius 1 is 0.815 bits per heavy atom. The van der Waals surface area contributed by atoms with Crippen molar-refractivity contribution in [2.75, 3.05) is 0 Å². The standard InChI is InChI=1S/C23H14N2OS/c1-2-17-12-19(25-23(17)24-8-1)14-4-6-21-18(10-14)13-22(27-21)16-3-5-20-15(11-16)7-9-26-20/h1-13H,(H,24,25). The monoisotopic (exact) mass is 366 g/mol. The number of nitrogens with zero attached hydrogens (tertiary/aromatic N) is 1. The van der Waals surface area contributed by atoms with Gasteiger partial charge in [0.25, 0.3) is 0 Å². The van der Waals surface area contributed by atoms with Gasteiger partial charge in [-0.15, -0.1) is 11.3 Å². The van der Waals surface area contributed by atoms with Gasteiger partial charge >= 0.3 is 0 Å². The van der Waals surface area contributed by atoms with E-state index in [4.69, 9.17) is 4.42 Å². The van der Waals surface area contributed by atoms with Crippen LogP contribution >= 0.6 is 11.3 Å². The molecule has 0 atom stereocenters. The molecule has 0 saturated heterocycles. The number of thiophene rings is 1. The van der Waals surface area contributed by atoms with Crippen molar-refractivity contribution in [3.63, 3.8) is 0 Å². The molecular weight excluding hydrogens is 352 g/mol. The molecule has 4 aromatic heterocycles. The van der Waals surface area contributed by atoms with Gasteiger partial charge < -0.3 is 9.40 Å². The van der Waals surface area contributed by atoms with Gasteiger partial charge in [-0.2, -0.15) is 0 Å². The number of pyridine rings is 1. The molecule has 0 bridgehead atoms. The Labute approximate surface area is 158 Å². The third kappa shape index (κ3) is 2.38. The lowest BCUT2D eigenvalue weighted by Gasteiger charge is -1.97. The molecule has 6 rings (SSSR count). The van der Waals surface area contributed by atoms with Gasteiger partial charge in [-0.05, 0) is 77.2 Å². The Morgan fingerprint density at radius 3 is 2.70 bits per heavy atom. The normalized spacial score (nSPS) is 11.7. The lowest BCUT2D eigenvalue weighted by atomic mass is 10.1. The van der Waals surface area contributed by atoms with E-state index in [9.17, 15) is 0 Å². The average Bonchev–Trinajstić information content (AvgIpc) is 3.42. The summed E-state index contributed by atoms with van der Waals surface area (Å²) >= 11 is 1.82. The number of benzene rings is 2.